The van der Waals surface area contributed by atoms with Gasteiger partial charge in [-0.1, -0.05) is 29.8 Å². The number of sulfonamides is 1. The lowest BCUT2D eigenvalue weighted by atomic mass is 9.84. The van der Waals surface area contributed by atoms with E-state index in [9.17, 15) is 8.42 Å². The molecule has 0 radical (unpaired) electrons. The SMILES string of the molecule is CCC(CC)(CBr)CN1CCCS1(=O)=O. The Labute approximate surface area is 101 Å². The van der Waals surface area contributed by atoms with Crippen LogP contribution in [0.25, 0.3) is 0 Å². The van der Waals surface area contributed by atoms with E-state index >= 15 is 0 Å². The number of alkyl halides is 1. The lowest BCUT2D eigenvalue weighted by molar-refractivity contribution is 0.235. The fourth-order valence-corrected chi connectivity index (χ4v) is 4.55. The summed E-state index contributed by atoms with van der Waals surface area (Å²) in [7, 11) is -2.94. The minimum Gasteiger partial charge on any atom is -0.212 e. The van der Waals surface area contributed by atoms with Crippen LogP contribution in [0.3, 0.4) is 0 Å². The molecular formula is C10H20BrNO2S. The maximum atomic E-state index is 11.7. The molecule has 0 aromatic carbocycles. The quantitative estimate of drug-likeness (QED) is 0.730. The Morgan fingerprint density at radius 3 is 2.27 bits per heavy atom. The molecule has 0 spiro atoms. The Balaban J connectivity index is 2.75. The fourth-order valence-electron chi connectivity index (χ4n) is 1.95. The molecule has 0 aromatic heterocycles. The van der Waals surface area contributed by atoms with Crippen LogP contribution in [0, 0.1) is 5.41 Å². The largest absolute Gasteiger partial charge is 0.214 e. The van der Waals surface area contributed by atoms with Gasteiger partial charge in [0, 0.05) is 18.4 Å². The minimum atomic E-state index is -2.94. The van der Waals surface area contributed by atoms with Crippen molar-refractivity contribution >= 4 is 26.0 Å². The van der Waals surface area contributed by atoms with Crippen LogP contribution in [0.2, 0.25) is 0 Å². The lowest BCUT2D eigenvalue weighted by Gasteiger charge is -2.33. The zero-order valence-corrected chi connectivity index (χ0v) is 11.9. The van der Waals surface area contributed by atoms with Crippen LogP contribution in [0.15, 0.2) is 0 Å². The van der Waals surface area contributed by atoms with Gasteiger partial charge in [-0.2, -0.15) is 0 Å². The number of hydrogen-bond donors (Lipinski definition) is 0. The van der Waals surface area contributed by atoms with E-state index in [0.29, 0.717) is 18.8 Å². The van der Waals surface area contributed by atoms with Gasteiger partial charge in [0.15, 0.2) is 0 Å². The third kappa shape index (κ3) is 2.94. The second-order valence-electron chi connectivity index (χ2n) is 4.34. The lowest BCUT2D eigenvalue weighted by Crippen LogP contribution is -2.39. The summed E-state index contributed by atoms with van der Waals surface area (Å²) in [5, 5.41) is 0.874. The van der Waals surface area contributed by atoms with E-state index in [0.717, 1.165) is 24.6 Å². The zero-order chi connectivity index (χ0) is 11.5. The predicted octanol–water partition coefficient (Wildman–Crippen LogP) is 2.22. The second-order valence-corrected chi connectivity index (χ2v) is 6.99. The number of hydrogen-bond acceptors (Lipinski definition) is 2. The molecule has 1 aliphatic heterocycles. The third-order valence-electron chi connectivity index (χ3n) is 3.50. The van der Waals surface area contributed by atoms with Crippen molar-refractivity contribution in [1.29, 1.82) is 0 Å². The van der Waals surface area contributed by atoms with Gasteiger partial charge in [-0.15, -0.1) is 0 Å². The third-order valence-corrected chi connectivity index (χ3v) is 6.59. The second kappa shape index (κ2) is 5.15. The van der Waals surface area contributed by atoms with Crippen LogP contribution in [0.1, 0.15) is 33.1 Å². The van der Waals surface area contributed by atoms with Crippen molar-refractivity contribution in [2.75, 3.05) is 24.2 Å². The molecule has 0 amide bonds. The molecular weight excluding hydrogens is 278 g/mol. The minimum absolute atomic E-state index is 0.109. The van der Waals surface area contributed by atoms with Crippen molar-refractivity contribution in [2.24, 2.45) is 5.41 Å². The van der Waals surface area contributed by atoms with Crippen LogP contribution in [-0.4, -0.2) is 36.9 Å². The molecule has 1 aliphatic rings. The highest BCUT2D eigenvalue weighted by Crippen LogP contribution is 2.32. The molecule has 0 saturated carbocycles. The van der Waals surface area contributed by atoms with Crippen LogP contribution in [-0.2, 0) is 10.0 Å². The highest BCUT2D eigenvalue weighted by Gasteiger charge is 2.35. The van der Waals surface area contributed by atoms with E-state index < -0.39 is 10.0 Å². The van der Waals surface area contributed by atoms with E-state index in [1.54, 1.807) is 4.31 Å². The average Bonchev–Trinajstić information content (AvgIpc) is 2.55. The van der Waals surface area contributed by atoms with E-state index in [2.05, 4.69) is 29.8 Å². The van der Waals surface area contributed by atoms with Crippen molar-refractivity contribution in [3.05, 3.63) is 0 Å². The molecule has 0 N–H and O–H groups in total. The summed E-state index contributed by atoms with van der Waals surface area (Å²) < 4.78 is 25.1. The number of halogens is 1. The Hall–Kier alpha value is 0.390. The standard InChI is InChI=1S/C10H20BrNO2S/c1-3-10(4-2,8-11)9-12-6-5-7-15(12,13)14/h3-9H2,1-2H3. The maximum absolute atomic E-state index is 11.7. The van der Waals surface area contributed by atoms with Crippen LogP contribution in [0.4, 0.5) is 0 Å². The average molecular weight is 298 g/mol. The molecule has 1 fully saturated rings. The molecule has 1 saturated heterocycles. The summed E-state index contributed by atoms with van der Waals surface area (Å²) in [4.78, 5) is 0. The van der Waals surface area contributed by atoms with E-state index in [1.165, 1.54) is 0 Å². The maximum Gasteiger partial charge on any atom is 0.214 e. The van der Waals surface area contributed by atoms with Crippen molar-refractivity contribution in [3.63, 3.8) is 0 Å². The Morgan fingerprint density at radius 1 is 1.33 bits per heavy atom. The normalized spacial score (nSPS) is 22.1. The summed E-state index contributed by atoms with van der Waals surface area (Å²) >= 11 is 3.52. The monoisotopic (exact) mass is 297 g/mol. The van der Waals surface area contributed by atoms with Gasteiger partial charge in [0.2, 0.25) is 10.0 Å². The molecule has 5 heteroatoms. The van der Waals surface area contributed by atoms with Crippen molar-refractivity contribution in [3.8, 4) is 0 Å². The first-order valence-corrected chi connectivity index (χ1v) is 8.26. The van der Waals surface area contributed by atoms with Gasteiger partial charge in [0.1, 0.15) is 0 Å². The van der Waals surface area contributed by atoms with Crippen molar-refractivity contribution < 1.29 is 8.42 Å². The van der Waals surface area contributed by atoms with Crippen LogP contribution < -0.4 is 0 Å². The highest BCUT2D eigenvalue weighted by atomic mass is 79.9. The summed E-state index contributed by atoms with van der Waals surface area (Å²) in [6.07, 6.45) is 2.82. The van der Waals surface area contributed by atoms with Gasteiger partial charge in [0.25, 0.3) is 0 Å². The molecule has 1 heterocycles. The van der Waals surface area contributed by atoms with Crippen LogP contribution in [0.5, 0.6) is 0 Å². The molecule has 0 aromatic rings. The molecule has 15 heavy (non-hydrogen) atoms. The zero-order valence-electron chi connectivity index (χ0n) is 9.50. The van der Waals surface area contributed by atoms with Gasteiger partial charge in [-0.25, -0.2) is 12.7 Å². The van der Waals surface area contributed by atoms with Crippen LogP contribution >= 0.6 is 15.9 Å². The number of nitrogens with zero attached hydrogens (tertiary/aromatic N) is 1. The first-order chi connectivity index (χ1) is 6.99. The molecule has 3 nitrogen and oxygen atoms in total. The molecule has 90 valence electrons. The van der Waals surface area contributed by atoms with Gasteiger partial charge in [0.05, 0.1) is 5.75 Å². The molecule has 1 rings (SSSR count). The fraction of sp³-hybridized carbons (Fsp3) is 1.00. The molecule has 0 atom stereocenters. The van der Waals surface area contributed by atoms with E-state index in [1.807, 2.05) is 0 Å². The van der Waals surface area contributed by atoms with Gasteiger partial charge < -0.3 is 0 Å². The summed E-state index contributed by atoms with van der Waals surface area (Å²) in [6.45, 7) is 5.64. The van der Waals surface area contributed by atoms with Gasteiger partial charge in [-0.05, 0) is 24.7 Å². The van der Waals surface area contributed by atoms with Gasteiger partial charge in [-0.3, -0.25) is 0 Å². The predicted molar refractivity (Wildman–Crippen MR) is 66.8 cm³/mol. The Bertz CT molecular complexity index is 290. The van der Waals surface area contributed by atoms with Gasteiger partial charge >= 0.3 is 0 Å². The smallest absolute Gasteiger partial charge is 0.212 e. The van der Waals surface area contributed by atoms with Crippen molar-refractivity contribution in [1.82, 2.24) is 4.31 Å². The first kappa shape index (κ1) is 13.5. The summed E-state index contributed by atoms with van der Waals surface area (Å²) in [5.74, 6) is 0.332. The molecule has 0 unspecified atom stereocenters. The summed E-state index contributed by atoms with van der Waals surface area (Å²) in [6, 6.07) is 0. The van der Waals surface area contributed by atoms with Crippen molar-refractivity contribution in [2.45, 2.75) is 33.1 Å². The first-order valence-electron chi connectivity index (χ1n) is 5.53. The topological polar surface area (TPSA) is 37.4 Å². The highest BCUT2D eigenvalue weighted by molar-refractivity contribution is 9.09. The number of rotatable bonds is 5. The Kier molecular flexibility index (Phi) is 4.62. The van der Waals surface area contributed by atoms with E-state index in [-0.39, 0.29) is 5.41 Å². The Morgan fingerprint density at radius 2 is 1.93 bits per heavy atom. The summed E-state index contributed by atoms with van der Waals surface area (Å²) in [5.41, 5.74) is 0.109. The molecule has 0 aliphatic carbocycles. The molecule has 0 bridgehead atoms. The van der Waals surface area contributed by atoms with E-state index in [4.69, 9.17) is 0 Å².